The van der Waals surface area contributed by atoms with E-state index in [0.29, 0.717) is 0 Å². The monoisotopic (exact) mass is 510 g/mol. The molecule has 0 unspecified atom stereocenters. The van der Waals surface area contributed by atoms with Gasteiger partial charge in [0, 0.05) is 0 Å². The Kier molecular flexibility index (Phi) is 6.13. The van der Waals surface area contributed by atoms with Gasteiger partial charge in [0.05, 0.1) is 0 Å². The smallest absolute Gasteiger partial charge is 0.242 e. The summed E-state index contributed by atoms with van der Waals surface area (Å²) in [6.45, 7) is 4.78. The minimum Gasteiger partial charge on any atom is -0.442 e. The third-order valence-corrected chi connectivity index (χ3v) is 16.7. The van der Waals surface area contributed by atoms with Crippen molar-refractivity contribution >= 4 is 58.9 Å². The summed E-state index contributed by atoms with van der Waals surface area (Å²) in [6, 6.07) is 52.6. The highest BCUT2D eigenvalue weighted by molar-refractivity contribution is 7.09. The van der Waals surface area contributed by atoms with E-state index < -0.39 is 16.6 Å². The van der Waals surface area contributed by atoms with Crippen LogP contribution in [0.4, 0.5) is 0 Å². The lowest BCUT2D eigenvalue weighted by Crippen LogP contribution is -2.70. The highest BCUT2D eigenvalue weighted by Gasteiger charge is 2.46. The van der Waals surface area contributed by atoms with Gasteiger partial charge in [-0.05, 0) is 55.4 Å². The fourth-order valence-corrected chi connectivity index (χ4v) is 15.4. The molecule has 3 heteroatoms. The van der Waals surface area contributed by atoms with E-state index in [2.05, 4.69) is 159 Å². The van der Waals surface area contributed by atoms with Crippen LogP contribution in [0.15, 0.2) is 146 Å². The summed E-state index contributed by atoms with van der Waals surface area (Å²) in [5.74, 6) is 0. The minimum atomic E-state index is -2.69. The van der Waals surface area contributed by atoms with Crippen LogP contribution in [0.2, 0.25) is 13.1 Å². The van der Waals surface area contributed by atoms with E-state index in [-0.39, 0.29) is 0 Å². The van der Waals surface area contributed by atoms with Crippen LogP contribution in [0.3, 0.4) is 0 Å². The first kappa shape index (κ1) is 23.6. The number of hydrogen-bond acceptors (Lipinski definition) is 1. The molecule has 0 aromatic heterocycles. The summed E-state index contributed by atoms with van der Waals surface area (Å²) >= 11 is 0. The highest BCUT2D eigenvalue weighted by atomic mass is 28.4. The minimum absolute atomic E-state index is 1.26. The molecule has 0 fully saturated rings. The van der Waals surface area contributed by atoms with Crippen molar-refractivity contribution < 1.29 is 4.12 Å². The third kappa shape index (κ3) is 4.15. The second-order valence-corrected chi connectivity index (χ2v) is 17.1. The Labute approximate surface area is 221 Å². The molecule has 0 aliphatic heterocycles. The molecule has 6 aromatic rings. The lowest BCUT2D eigenvalue weighted by atomic mass is 10.1. The summed E-state index contributed by atoms with van der Waals surface area (Å²) in [7, 11) is -5.39. The van der Waals surface area contributed by atoms with Crippen LogP contribution in [0.1, 0.15) is 0 Å². The molecule has 0 aliphatic rings. The van der Waals surface area contributed by atoms with Crippen molar-refractivity contribution in [3.8, 4) is 0 Å². The van der Waals surface area contributed by atoms with Crippen LogP contribution >= 0.6 is 0 Å². The van der Waals surface area contributed by atoms with Crippen molar-refractivity contribution in [3.63, 3.8) is 0 Å². The first-order valence-electron chi connectivity index (χ1n) is 12.9. The SMILES string of the molecule is C[Si@](O[Si@](C)(c1ccccc1)c1cccc2ccccc12)(c1ccccc1)c1cccc2ccccc12. The van der Waals surface area contributed by atoms with Gasteiger partial charge in [-0.2, -0.15) is 0 Å². The van der Waals surface area contributed by atoms with Crippen LogP contribution in [0, 0.1) is 0 Å². The molecule has 0 radical (unpaired) electrons. The van der Waals surface area contributed by atoms with E-state index in [4.69, 9.17) is 4.12 Å². The average molecular weight is 511 g/mol. The van der Waals surface area contributed by atoms with Gasteiger partial charge in [0.2, 0.25) is 16.6 Å². The molecule has 0 N–H and O–H groups in total. The Hall–Kier alpha value is -3.77. The first-order chi connectivity index (χ1) is 18.1. The summed E-state index contributed by atoms with van der Waals surface area (Å²) < 4.78 is 7.86. The first-order valence-corrected chi connectivity index (χ1v) is 17.7. The summed E-state index contributed by atoms with van der Waals surface area (Å²) in [6.07, 6.45) is 0. The fourth-order valence-electron chi connectivity index (χ4n) is 5.74. The van der Waals surface area contributed by atoms with Crippen LogP contribution < -0.4 is 20.7 Å². The normalized spacial score (nSPS) is 14.8. The lowest BCUT2D eigenvalue weighted by Gasteiger charge is -2.40. The van der Waals surface area contributed by atoms with Gasteiger partial charge in [0.25, 0.3) is 0 Å². The van der Waals surface area contributed by atoms with Gasteiger partial charge in [0.1, 0.15) is 0 Å². The maximum absolute atomic E-state index is 7.86. The Morgan fingerprint density at radius 2 is 0.730 bits per heavy atom. The molecule has 0 spiro atoms. The summed E-state index contributed by atoms with van der Waals surface area (Å²) in [5, 5.41) is 10.3. The predicted octanol–water partition coefficient (Wildman–Crippen LogP) is 6.09. The Morgan fingerprint density at radius 1 is 0.378 bits per heavy atom. The van der Waals surface area contributed by atoms with Gasteiger partial charge < -0.3 is 4.12 Å². The molecular weight excluding hydrogens is 481 g/mol. The van der Waals surface area contributed by atoms with Crippen molar-refractivity contribution in [3.05, 3.63) is 146 Å². The molecule has 37 heavy (non-hydrogen) atoms. The van der Waals surface area contributed by atoms with Crippen molar-refractivity contribution in [2.24, 2.45) is 0 Å². The number of fused-ring (bicyclic) bond motifs is 2. The zero-order valence-electron chi connectivity index (χ0n) is 21.3. The van der Waals surface area contributed by atoms with Crippen molar-refractivity contribution in [2.45, 2.75) is 13.1 Å². The van der Waals surface area contributed by atoms with Crippen LogP contribution in [0.5, 0.6) is 0 Å². The molecule has 6 aromatic carbocycles. The fraction of sp³-hybridized carbons (Fsp3) is 0.0588. The molecule has 0 aliphatic carbocycles. The van der Waals surface area contributed by atoms with E-state index in [1.807, 2.05) is 0 Å². The third-order valence-electron chi connectivity index (χ3n) is 7.66. The van der Waals surface area contributed by atoms with Crippen LogP contribution in [-0.2, 0) is 4.12 Å². The zero-order valence-corrected chi connectivity index (χ0v) is 23.3. The molecule has 0 bridgehead atoms. The topological polar surface area (TPSA) is 9.23 Å². The number of benzene rings is 6. The van der Waals surface area contributed by atoms with Crippen molar-refractivity contribution in [2.75, 3.05) is 0 Å². The molecule has 0 heterocycles. The van der Waals surface area contributed by atoms with E-state index in [9.17, 15) is 0 Å². The van der Waals surface area contributed by atoms with Gasteiger partial charge in [-0.3, -0.25) is 0 Å². The van der Waals surface area contributed by atoms with Gasteiger partial charge in [-0.15, -0.1) is 0 Å². The van der Waals surface area contributed by atoms with Gasteiger partial charge in [-0.1, -0.05) is 146 Å². The predicted molar refractivity (Wildman–Crippen MR) is 164 cm³/mol. The number of rotatable bonds is 6. The molecule has 0 amide bonds. The second-order valence-electron chi connectivity index (χ2n) is 9.95. The largest absolute Gasteiger partial charge is 0.442 e. The van der Waals surface area contributed by atoms with Crippen LogP contribution in [-0.4, -0.2) is 16.6 Å². The van der Waals surface area contributed by atoms with E-state index in [1.165, 1.54) is 42.3 Å². The van der Waals surface area contributed by atoms with E-state index in [0.717, 1.165) is 0 Å². The summed E-state index contributed by atoms with van der Waals surface area (Å²) in [4.78, 5) is 0. The highest BCUT2D eigenvalue weighted by Crippen LogP contribution is 2.23. The van der Waals surface area contributed by atoms with Crippen molar-refractivity contribution in [1.29, 1.82) is 0 Å². The Morgan fingerprint density at radius 3 is 1.16 bits per heavy atom. The summed E-state index contributed by atoms with van der Waals surface area (Å²) in [5.41, 5.74) is 0. The maximum atomic E-state index is 7.86. The molecule has 6 rings (SSSR count). The Bertz CT molecular complexity index is 1550. The average Bonchev–Trinajstić information content (AvgIpc) is 2.97. The maximum Gasteiger partial charge on any atom is 0.242 e. The molecule has 0 saturated carbocycles. The van der Waals surface area contributed by atoms with E-state index in [1.54, 1.807) is 0 Å². The van der Waals surface area contributed by atoms with Crippen LogP contribution in [0.25, 0.3) is 21.5 Å². The molecule has 0 saturated heterocycles. The van der Waals surface area contributed by atoms with Crippen molar-refractivity contribution in [1.82, 2.24) is 0 Å². The standard InChI is InChI=1S/C34H30OSi2/c1-36(29-19-5-3-6-20-29,33-25-13-17-27-15-9-11-23-31(27)33)35-37(2,30-21-7-4-8-22-30)34-26-14-18-28-16-10-12-24-32(28)34/h3-26H,1-2H3/t36-,37+. The zero-order chi connectivity index (χ0) is 25.3. The van der Waals surface area contributed by atoms with Gasteiger partial charge >= 0.3 is 0 Å². The molecule has 180 valence electrons. The molecule has 1 nitrogen and oxygen atoms in total. The molecule has 2 atom stereocenters. The number of hydrogen-bond donors (Lipinski definition) is 0. The second kappa shape index (κ2) is 9.60. The van der Waals surface area contributed by atoms with Gasteiger partial charge in [-0.25, -0.2) is 0 Å². The lowest BCUT2D eigenvalue weighted by molar-refractivity contribution is 0.588. The quantitative estimate of drug-likeness (QED) is 0.247. The Balaban J connectivity index is 1.65. The van der Waals surface area contributed by atoms with E-state index >= 15 is 0 Å². The van der Waals surface area contributed by atoms with Gasteiger partial charge in [0.15, 0.2) is 0 Å². The molecular formula is C34H30OSi2.